The Bertz CT molecular complexity index is 1040. The molecule has 8 heteroatoms. The minimum absolute atomic E-state index is 0.0291. The van der Waals surface area contributed by atoms with Gasteiger partial charge in [0.25, 0.3) is 5.91 Å². The minimum Gasteiger partial charge on any atom is -0.370 e. The van der Waals surface area contributed by atoms with Crippen molar-refractivity contribution in [2.24, 2.45) is 0 Å². The van der Waals surface area contributed by atoms with E-state index in [1.54, 1.807) is 17.0 Å². The van der Waals surface area contributed by atoms with Crippen molar-refractivity contribution in [3.63, 3.8) is 0 Å². The van der Waals surface area contributed by atoms with Gasteiger partial charge in [-0.3, -0.25) is 14.7 Å². The number of hydrogen-bond acceptors (Lipinski definition) is 4. The summed E-state index contributed by atoms with van der Waals surface area (Å²) in [4.78, 5) is 29.1. The molecule has 1 saturated heterocycles. The summed E-state index contributed by atoms with van der Waals surface area (Å²) in [5.74, 6) is -0.741. The van der Waals surface area contributed by atoms with Gasteiger partial charge in [0, 0.05) is 25.8 Å². The molecule has 2 amide bonds. The average molecular weight is 436 g/mol. The second kappa shape index (κ2) is 10.2. The highest BCUT2D eigenvalue weighted by Crippen LogP contribution is 2.15. The maximum Gasteiger partial charge on any atom is 0.257 e. The molecule has 7 nitrogen and oxygen atoms in total. The number of aromatic amines is 1. The highest BCUT2D eigenvalue weighted by Gasteiger charge is 2.31. The van der Waals surface area contributed by atoms with Crippen LogP contribution in [0.2, 0.25) is 0 Å². The zero-order valence-electron chi connectivity index (χ0n) is 17.6. The van der Waals surface area contributed by atoms with Crippen LogP contribution in [0.15, 0.2) is 67.0 Å². The lowest BCUT2D eigenvalue weighted by molar-refractivity contribution is -0.131. The Kier molecular flexibility index (Phi) is 6.91. The standard InChI is InChI=1S/C24H25FN4O3/c25-21-8-4-7-19(11-21)17-32-22-14-28(10-9-18-5-2-1-3-6-18)23(30)16-29(15-22)24(31)20-12-26-27-13-20/h1-8,11-13,22H,9-10,14-17H2,(H,26,27)/t22-/m1/s1. The summed E-state index contributed by atoms with van der Waals surface area (Å²) in [7, 11) is 0. The molecule has 0 unspecified atom stereocenters. The number of hydrogen-bond donors (Lipinski definition) is 1. The van der Waals surface area contributed by atoms with Gasteiger partial charge in [0.05, 0.1) is 24.5 Å². The number of halogens is 1. The van der Waals surface area contributed by atoms with Crippen molar-refractivity contribution in [2.45, 2.75) is 19.1 Å². The number of nitrogens with zero attached hydrogens (tertiary/aromatic N) is 3. The quantitative estimate of drug-likeness (QED) is 0.618. The fourth-order valence-corrected chi connectivity index (χ4v) is 3.76. The normalized spacial score (nSPS) is 16.8. The summed E-state index contributed by atoms with van der Waals surface area (Å²) in [6, 6.07) is 16.2. The molecule has 3 aromatic rings. The summed E-state index contributed by atoms with van der Waals surface area (Å²) in [5, 5.41) is 6.45. The fourth-order valence-electron chi connectivity index (χ4n) is 3.76. The summed E-state index contributed by atoms with van der Waals surface area (Å²) < 4.78 is 19.6. The summed E-state index contributed by atoms with van der Waals surface area (Å²) in [6.45, 7) is 1.30. The Morgan fingerprint density at radius 1 is 1.12 bits per heavy atom. The second-order valence-corrected chi connectivity index (χ2v) is 7.81. The van der Waals surface area contributed by atoms with Crippen molar-refractivity contribution in [1.82, 2.24) is 20.0 Å². The number of carbonyl (C=O) groups excluding carboxylic acids is 2. The van der Waals surface area contributed by atoms with Gasteiger partial charge in [-0.15, -0.1) is 0 Å². The van der Waals surface area contributed by atoms with Gasteiger partial charge in [-0.2, -0.15) is 5.10 Å². The molecule has 4 rings (SSSR count). The molecule has 0 saturated carbocycles. The number of aromatic nitrogens is 2. The molecule has 1 fully saturated rings. The monoisotopic (exact) mass is 436 g/mol. The molecular weight excluding hydrogens is 411 g/mol. The van der Waals surface area contributed by atoms with Gasteiger partial charge in [-0.1, -0.05) is 42.5 Å². The highest BCUT2D eigenvalue weighted by molar-refractivity contribution is 5.96. The van der Waals surface area contributed by atoms with Gasteiger partial charge in [0.15, 0.2) is 0 Å². The van der Waals surface area contributed by atoms with Crippen molar-refractivity contribution >= 4 is 11.8 Å². The van der Waals surface area contributed by atoms with E-state index in [1.807, 2.05) is 30.3 Å². The van der Waals surface area contributed by atoms with Crippen molar-refractivity contribution in [1.29, 1.82) is 0 Å². The van der Waals surface area contributed by atoms with Crippen molar-refractivity contribution in [3.8, 4) is 0 Å². The molecule has 166 valence electrons. The maximum atomic E-state index is 13.5. The Hall–Kier alpha value is -3.52. The summed E-state index contributed by atoms with van der Waals surface area (Å²) in [5.41, 5.74) is 2.22. The van der Waals surface area contributed by atoms with E-state index < -0.39 is 6.10 Å². The first kappa shape index (κ1) is 21.7. The molecule has 1 aliphatic rings. The van der Waals surface area contributed by atoms with Crippen LogP contribution >= 0.6 is 0 Å². The van der Waals surface area contributed by atoms with Gasteiger partial charge < -0.3 is 14.5 Å². The van der Waals surface area contributed by atoms with E-state index in [1.165, 1.54) is 29.4 Å². The van der Waals surface area contributed by atoms with E-state index in [-0.39, 0.29) is 37.3 Å². The number of H-pyrrole nitrogens is 1. The lowest BCUT2D eigenvalue weighted by Crippen LogP contribution is -2.40. The van der Waals surface area contributed by atoms with Crippen molar-refractivity contribution in [2.75, 3.05) is 26.2 Å². The lowest BCUT2D eigenvalue weighted by Gasteiger charge is -2.25. The molecule has 1 aliphatic heterocycles. The highest BCUT2D eigenvalue weighted by atomic mass is 19.1. The Morgan fingerprint density at radius 3 is 2.69 bits per heavy atom. The largest absolute Gasteiger partial charge is 0.370 e. The van der Waals surface area contributed by atoms with Crippen LogP contribution in [-0.2, 0) is 22.6 Å². The van der Waals surface area contributed by atoms with E-state index in [9.17, 15) is 14.0 Å². The fraction of sp³-hybridized carbons (Fsp3) is 0.292. The SMILES string of the molecule is O=C1CN(C(=O)c2cn[nH]c2)C[C@H](OCc2cccc(F)c2)CN1CCc1ccccc1. The van der Waals surface area contributed by atoms with Crippen molar-refractivity contribution < 1.29 is 18.7 Å². The third kappa shape index (κ3) is 5.59. The predicted octanol–water partition coefficient (Wildman–Crippen LogP) is 2.66. The number of benzene rings is 2. The van der Waals surface area contributed by atoms with Crippen molar-refractivity contribution in [3.05, 3.63) is 89.5 Å². The smallest absolute Gasteiger partial charge is 0.257 e. The zero-order chi connectivity index (χ0) is 22.3. The van der Waals surface area contributed by atoms with Crippen LogP contribution in [0.25, 0.3) is 0 Å². The molecule has 0 aliphatic carbocycles. The van der Waals surface area contributed by atoms with E-state index in [0.717, 1.165) is 5.56 Å². The number of carbonyl (C=O) groups is 2. The molecule has 0 spiro atoms. The molecule has 1 N–H and O–H groups in total. The molecule has 32 heavy (non-hydrogen) atoms. The number of ether oxygens (including phenoxy) is 1. The molecular formula is C24H25FN4O3. The van der Waals surface area contributed by atoms with E-state index >= 15 is 0 Å². The number of nitrogens with one attached hydrogen (secondary N) is 1. The first-order valence-corrected chi connectivity index (χ1v) is 10.5. The van der Waals surface area contributed by atoms with Gasteiger partial charge in [0.1, 0.15) is 12.4 Å². The Morgan fingerprint density at radius 2 is 1.94 bits per heavy atom. The van der Waals surface area contributed by atoms with Crippen LogP contribution in [-0.4, -0.2) is 64.1 Å². The maximum absolute atomic E-state index is 13.5. The minimum atomic E-state index is -0.406. The van der Waals surface area contributed by atoms with Crippen LogP contribution in [0.4, 0.5) is 4.39 Å². The van der Waals surface area contributed by atoms with Gasteiger partial charge >= 0.3 is 0 Å². The topological polar surface area (TPSA) is 78.5 Å². The Labute approximate surface area is 185 Å². The van der Waals surface area contributed by atoms with E-state index in [0.29, 0.717) is 30.6 Å². The van der Waals surface area contributed by atoms with Crippen LogP contribution < -0.4 is 0 Å². The summed E-state index contributed by atoms with van der Waals surface area (Å²) in [6.07, 6.45) is 3.25. The average Bonchev–Trinajstić information content (AvgIpc) is 3.29. The first-order valence-electron chi connectivity index (χ1n) is 10.5. The van der Waals surface area contributed by atoms with Crippen LogP contribution in [0.1, 0.15) is 21.5 Å². The van der Waals surface area contributed by atoms with Gasteiger partial charge in [-0.05, 0) is 29.7 Å². The second-order valence-electron chi connectivity index (χ2n) is 7.81. The number of amides is 2. The Balaban J connectivity index is 1.48. The van der Waals surface area contributed by atoms with E-state index in [4.69, 9.17) is 4.74 Å². The predicted molar refractivity (Wildman–Crippen MR) is 116 cm³/mol. The molecule has 0 bridgehead atoms. The van der Waals surface area contributed by atoms with Crippen LogP contribution in [0.3, 0.4) is 0 Å². The molecule has 2 heterocycles. The van der Waals surface area contributed by atoms with E-state index in [2.05, 4.69) is 10.2 Å². The molecule has 2 aromatic carbocycles. The molecule has 1 atom stereocenters. The summed E-state index contributed by atoms with van der Waals surface area (Å²) >= 11 is 0. The zero-order valence-corrected chi connectivity index (χ0v) is 17.6. The third-order valence-corrected chi connectivity index (χ3v) is 5.45. The van der Waals surface area contributed by atoms with Gasteiger partial charge in [0.2, 0.25) is 5.91 Å². The lowest BCUT2D eigenvalue weighted by atomic mass is 10.1. The molecule has 1 aromatic heterocycles. The van der Waals surface area contributed by atoms with Crippen LogP contribution in [0.5, 0.6) is 0 Å². The van der Waals surface area contributed by atoms with Gasteiger partial charge in [-0.25, -0.2) is 4.39 Å². The third-order valence-electron chi connectivity index (χ3n) is 5.45. The van der Waals surface area contributed by atoms with Crippen LogP contribution in [0, 0.1) is 5.82 Å². The number of rotatable bonds is 7. The molecule has 0 radical (unpaired) electrons. The first-order chi connectivity index (χ1) is 15.6.